The van der Waals surface area contributed by atoms with Gasteiger partial charge < -0.3 is 29.9 Å². The summed E-state index contributed by atoms with van der Waals surface area (Å²) in [6.45, 7) is 4.49. The van der Waals surface area contributed by atoms with Gasteiger partial charge in [0, 0.05) is 90.1 Å². The number of hydrogen-bond donors (Lipinski definition) is 3. The number of carbonyl (C=O) groups is 3. The maximum Gasteiger partial charge on any atom is 0.410 e. The number of benzene rings is 2. The first-order valence-corrected chi connectivity index (χ1v) is 19.6. The second kappa shape index (κ2) is 15.8. The minimum Gasteiger partial charge on any atom is -0.507 e. The van der Waals surface area contributed by atoms with Gasteiger partial charge in [0.25, 0.3) is 16.1 Å². The molecule has 4 heterocycles. The molecule has 0 radical (unpaired) electrons. The second-order valence-corrected chi connectivity index (χ2v) is 16.0. The first kappa shape index (κ1) is 36.4. The fraction of sp³-hybridized carbons (Fsp3) is 0.559. The molecule has 272 valence electrons. The van der Waals surface area contributed by atoms with Crippen LogP contribution in [0, 0.1) is 0 Å². The Bertz CT molecular complexity index is 1660. The molecule has 3 N–H and O–H groups in total. The number of nitrogens with one attached hydrogen (secondary N) is 2. The highest BCUT2D eigenvalue weighted by molar-refractivity contribution is 9.10. The monoisotopic (exact) mass is 775 g/mol. The summed E-state index contributed by atoms with van der Waals surface area (Å²) in [5, 5.41) is 13.0. The maximum atomic E-state index is 14.0. The Morgan fingerprint density at radius 3 is 2.28 bits per heavy atom. The Morgan fingerprint density at radius 1 is 0.940 bits per heavy atom. The lowest BCUT2D eigenvalue weighted by molar-refractivity contribution is -0.142. The fourth-order valence-corrected chi connectivity index (χ4v) is 8.79. The number of halogens is 1. The number of phenolic OH excluding ortho intramolecular Hbond substituents is 1. The third kappa shape index (κ3) is 8.36. The summed E-state index contributed by atoms with van der Waals surface area (Å²) in [6.07, 6.45) is 1.96. The van der Waals surface area contributed by atoms with Crippen molar-refractivity contribution >= 4 is 49.9 Å². The third-order valence-electron chi connectivity index (χ3n) is 10.4. The van der Waals surface area contributed by atoms with Crippen LogP contribution in [0.3, 0.4) is 0 Å². The average molecular weight is 777 g/mol. The maximum absolute atomic E-state index is 14.0. The van der Waals surface area contributed by atoms with Crippen molar-refractivity contribution in [2.45, 2.75) is 56.7 Å². The van der Waals surface area contributed by atoms with E-state index in [4.69, 9.17) is 4.74 Å². The normalized spacial score (nSPS) is 20.9. The van der Waals surface area contributed by atoms with E-state index in [0.29, 0.717) is 76.2 Å². The van der Waals surface area contributed by atoms with E-state index in [1.54, 1.807) is 21.9 Å². The van der Waals surface area contributed by atoms with E-state index in [1.807, 2.05) is 29.2 Å². The highest BCUT2D eigenvalue weighted by Crippen LogP contribution is 2.28. The molecular formula is C34H46BrN7O7S. The number of amides is 4. The third-order valence-corrected chi connectivity index (χ3v) is 12.6. The molecule has 2 aromatic carbocycles. The number of anilines is 1. The lowest BCUT2D eigenvalue weighted by Crippen LogP contribution is -2.56. The van der Waals surface area contributed by atoms with Gasteiger partial charge in [-0.25, -0.2) is 14.3 Å². The molecule has 14 nitrogen and oxygen atoms in total. The number of ether oxygens (including phenoxy) is 1. The van der Waals surface area contributed by atoms with Crippen molar-refractivity contribution in [1.29, 1.82) is 0 Å². The Balaban J connectivity index is 1.05. The molecule has 50 heavy (non-hydrogen) atoms. The van der Waals surface area contributed by atoms with E-state index < -0.39 is 22.4 Å². The van der Waals surface area contributed by atoms with E-state index in [1.165, 1.54) is 17.4 Å². The molecule has 4 aliphatic heterocycles. The van der Waals surface area contributed by atoms with Gasteiger partial charge in [-0.15, -0.1) is 0 Å². The number of phenols is 1. The van der Waals surface area contributed by atoms with Crippen LogP contribution in [0.2, 0.25) is 0 Å². The van der Waals surface area contributed by atoms with Crippen molar-refractivity contribution in [3.05, 3.63) is 58.1 Å². The minimum absolute atomic E-state index is 0.0166. The zero-order chi connectivity index (χ0) is 35.4. The van der Waals surface area contributed by atoms with Crippen LogP contribution in [0.5, 0.6) is 5.75 Å². The topological polar surface area (TPSA) is 155 Å². The number of nitrogens with zero attached hydrogens (tertiary/aromatic N) is 5. The van der Waals surface area contributed by atoms with Gasteiger partial charge in [-0.1, -0.05) is 24.3 Å². The summed E-state index contributed by atoms with van der Waals surface area (Å²) in [5.41, 5.74) is 2.67. The molecule has 0 aromatic heterocycles. The lowest BCUT2D eigenvalue weighted by Gasteiger charge is -2.42. The molecule has 6 rings (SSSR count). The molecule has 1 atom stereocenters. The highest BCUT2D eigenvalue weighted by atomic mass is 79.9. The Hall–Kier alpha value is -3.44. The average Bonchev–Trinajstić information content (AvgIpc) is 3.30. The first-order valence-electron chi connectivity index (χ1n) is 17.3. The molecule has 4 aliphatic rings. The number of piperidine rings is 2. The quantitative estimate of drug-likeness (QED) is 0.370. The fourth-order valence-electron chi connectivity index (χ4n) is 7.46. The molecule has 3 saturated heterocycles. The van der Waals surface area contributed by atoms with Crippen molar-refractivity contribution in [1.82, 2.24) is 28.6 Å². The Morgan fingerprint density at radius 2 is 1.60 bits per heavy atom. The summed E-state index contributed by atoms with van der Waals surface area (Å²) in [6, 6.07) is 12.9. The van der Waals surface area contributed by atoms with Gasteiger partial charge in [-0.3, -0.25) is 9.69 Å². The van der Waals surface area contributed by atoms with E-state index in [-0.39, 0.29) is 36.2 Å². The summed E-state index contributed by atoms with van der Waals surface area (Å²) >= 11 is 3.34. The number of para-hydroxylation sites is 1. The predicted molar refractivity (Wildman–Crippen MR) is 191 cm³/mol. The number of likely N-dealkylation sites (tertiary alicyclic amines) is 2. The molecule has 0 aliphatic carbocycles. The molecule has 4 amide bonds. The largest absolute Gasteiger partial charge is 0.507 e. The van der Waals surface area contributed by atoms with Gasteiger partial charge >= 0.3 is 12.1 Å². The zero-order valence-corrected chi connectivity index (χ0v) is 30.7. The molecule has 16 heteroatoms. The van der Waals surface area contributed by atoms with Crippen LogP contribution in [-0.2, 0) is 32.6 Å². The van der Waals surface area contributed by atoms with Gasteiger partial charge in [0.1, 0.15) is 5.75 Å². The summed E-state index contributed by atoms with van der Waals surface area (Å²) in [5.74, 6) is -0.188. The molecule has 0 saturated carbocycles. The Labute approximate surface area is 302 Å². The van der Waals surface area contributed by atoms with Crippen LogP contribution in [0.4, 0.5) is 15.3 Å². The number of urea groups is 1. The first-order chi connectivity index (χ1) is 24.0. The standard InChI is InChI=1S/C34H46BrN7O7S/c1-36-50(47,48)41-20-18-38(19-21-41)26-9-13-39(14-10-26)32(44)31(23-24-6-7-30(43)28(35)22-24)49-34(46)40-15-11-27(12-16-40)42-17-8-25-4-2-3-5-29(25)37-33(42)45/h2-7,22,26-27,31,36,43H,8-21,23H2,1H3,(H,37,45)/t31-/m1/s1. The predicted octanol–water partition coefficient (Wildman–Crippen LogP) is 2.83. The number of rotatable bonds is 8. The van der Waals surface area contributed by atoms with Gasteiger partial charge in [0.05, 0.1) is 4.47 Å². The van der Waals surface area contributed by atoms with Gasteiger partial charge in [-0.05, 0) is 77.4 Å². The van der Waals surface area contributed by atoms with Crippen LogP contribution >= 0.6 is 15.9 Å². The SMILES string of the molecule is CNS(=O)(=O)N1CCN(C2CCN(C(=O)[C@@H](Cc3ccc(O)c(Br)c3)OC(=O)N3CCC(N4CCc5ccccc5NC4=O)CC3)CC2)CC1. The van der Waals surface area contributed by atoms with Crippen LogP contribution < -0.4 is 10.0 Å². The molecule has 3 fully saturated rings. The van der Waals surface area contributed by atoms with Crippen molar-refractivity contribution in [3.8, 4) is 5.75 Å². The van der Waals surface area contributed by atoms with Crippen molar-refractivity contribution in [2.24, 2.45) is 0 Å². The molecule has 0 unspecified atom stereocenters. The van der Waals surface area contributed by atoms with Gasteiger partial charge in [0.2, 0.25) is 0 Å². The molecule has 2 aromatic rings. The number of fused-ring (bicyclic) bond motifs is 1. The van der Waals surface area contributed by atoms with E-state index in [9.17, 15) is 27.9 Å². The highest BCUT2D eigenvalue weighted by Gasteiger charge is 2.37. The van der Waals surface area contributed by atoms with E-state index in [2.05, 4.69) is 30.9 Å². The van der Waals surface area contributed by atoms with Crippen molar-refractivity contribution in [3.63, 3.8) is 0 Å². The van der Waals surface area contributed by atoms with E-state index >= 15 is 0 Å². The number of piperazine rings is 1. The Kier molecular flexibility index (Phi) is 11.5. The molecule has 0 bridgehead atoms. The van der Waals surface area contributed by atoms with Crippen LogP contribution in [0.25, 0.3) is 0 Å². The van der Waals surface area contributed by atoms with Crippen LogP contribution in [0.15, 0.2) is 46.9 Å². The van der Waals surface area contributed by atoms with Gasteiger partial charge in [0.15, 0.2) is 6.10 Å². The zero-order valence-electron chi connectivity index (χ0n) is 28.3. The number of hydrogen-bond acceptors (Lipinski definition) is 8. The molecule has 0 spiro atoms. The second-order valence-electron chi connectivity index (χ2n) is 13.3. The van der Waals surface area contributed by atoms with Crippen molar-refractivity contribution < 1.29 is 32.6 Å². The lowest BCUT2D eigenvalue weighted by atomic mass is 10.0. The number of aromatic hydroxyl groups is 1. The van der Waals surface area contributed by atoms with Gasteiger partial charge in [-0.2, -0.15) is 12.7 Å². The summed E-state index contributed by atoms with van der Waals surface area (Å²) < 4.78 is 34.7. The van der Waals surface area contributed by atoms with Crippen molar-refractivity contribution in [2.75, 3.05) is 71.3 Å². The van der Waals surface area contributed by atoms with E-state index in [0.717, 1.165) is 36.1 Å². The minimum atomic E-state index is -3.45. The summed E-state index contributed by atoms with van der Waals surface area (Å²) in [4.78, 5) is 48.2. The number of carbonyl (C=O) groups excluding carboxylic acids is 3. The van der Waals surface area contributed by atoms with Crippen LogP contribution in [-0.4, -0.2) is 140 Å². The van der Waals surface area contributed by atoms with Crippen LogP contribution in [0.1, 0.15) is 36.8 Å². The smallest absolute Gasteiger partial charge is 0.410 e. The summed E-state index contributed by atoms with van der Waals surface area (Å²) in [7, 11) is -2.04. The molecular weight excluding hydrogens is 730 g/mol.